The van der Waals surface area contributed by atoms with E-state index in [9.17, 15) is 18.3 Å². The van der Waals surface area contributed by atoms with Gasteiger partial charge in [-0.2, -0.15) is 13.2 Å². The van der Waals surface area contributed by atoms with Crippen LogP contribution in [0.4, 0.5) is 13.2 Å². The van der Waals surface area contributed by atoms with E-state index in [0.29, 0.717) is 0 Å². The first kappa shape index (κ1) is 14.2. The molecule has 1 N–H and O–H groups in total. The van der Waals surface area contributed by atoms with Gasteiger partial charge in [-0.15, -0.1) is 0 Å². The van der Waals surface area contributed by atoms with Gasteiger partial charge >= 0.3 is 6.18 Å². The van der Waals surface area contributed by atoms with Gasteiger partial charge in [-0.05, 0) is 42.3 Å². The van der Waals surface area contributed by atoms with Crippen molar-refractivity contribution in [2.45, 2.75) is 19.5 Å². The van der Waals surface area contributed by atoms with Crippen LogP contribution in [0, 0.1) is 0 Å². The Hall–Kier alpha value is -2.17. The molecule has 0 aromatic heterocycles. The summed E-state index contributed by atoms with van der Waals surface area (Å²) in [7, 11) is 0. The van der Waals surface area contributed by atoms with Crippen LogP contribution in [0.1, 0.15) is 18.1 Å². The second-order valence-corrected chi connectivity index (χ2v) is 4.28. The fourth-order valence-corrected chi connectivity index (χ4v) is 1.73. The van der Waals surface area contributed by atoms with E-state index >= 15 is 0 Å². The van der Waals surface area contributed by atoms with E-state index in [-0.39, 0.29) is 17.2 Å². The summed E-state index contributed by atoms with van der Waals surface area (Å²) >= 11 is 0. The summed E-state index contributed by atoms with van der Waals surface area (Å²) in [6, 6.07) is 9.35. The molecule has 5 heteroatoms. The molecule has 0 amide bonds. The van der Waals surface area contributed by atoms with Gasteiger partial charge in [0.05, 0.1) is 5.56 Å². The summed E-state index contributed by atoms with van der Waals surface area (Å²) in [5, 5.41) is 9.77. The third kappa shape index (κ3) is 3.23. The van der Waals surface area contributed by atoms with E-state index in [1.807, 2.05) is 6.92 Å². The minimum absolute atomic E-state index is 0.0272. The smallest absolute Gasteiger partial charge is 0.416 e. The van der Waals surface area contributed by atoms with Crippen molar-refractivity contribution in [3.8, 4) is 17.2 Å². The lowest BCUT2D eigenvalue weighted by atomic mass is 10.1. The predicted molar refractivity (Wildman–Crippen MR) is 69.0 cm³/mol. The molecule has 0 aliphatic rings. The summed E-state index contributed by atoms with van der Waals surface area (Å²) in [6.45, 7) is 1.93. The van der Waals surface area contributed by atoms with Crippen LogP contribution < -0.4 is 4.74 Å². The van der Waals surface area contributed by atoms with Crippen LogP contribution in [0.2, 0.25) is 0 Å². The quantitative estimate of drug-likeness (QED) is 0.879. The Bertz CT molecular complexity index is 606. The number of phenols is 1. The molecule has 0 unspecified atom stereocenters. The largest absolute Gasteiger partial charge is 0.504 e. The van der Waals surface area contributed by atoms with Gasteiger partial charge in [-0.1, -0.05) is 19.1 Å². The van der Waals surface area contributed by atoms with Gasteiger partial charge in [0, 0.05) is 0 Å². The molecule has 2 aromatic rings. The van der Waals surface area contributed by atoms with Crippen molar-refractivity contribution < 1.29 is 23.0 Å². The van der Waals surface area contributed by atoms with Crippen LogP contribution >= 0.6 is 0 Å². The number of rotatable bonds is 3. The van der Waals surface area contributed by atoms with Crippen LogP contribution in [-0.4, -0.2) is 5.11 Å². The lowest BCUT2D eigenvalue weighted by Gasteiger charge is -2.11. The monoisotopic (exact) mass is 282 g/mol. The molecular formula is C15H13F3O2. The van der Waals surface area contributed by atoms with Gasteiger partial charge in [0.2, 0.25) is 0 Å². The topological polar surface area (TPSA) is 29.5 Å². The average Bonchev–Trinajstić information content (AvgIpc) is 2.40. The zero-order valence-electron chi connectivity index (χ0n) is 10.7. The Labute approximate surface area is 114 Å². The van der Waals surface area contributed by atoms with Gasteiger partial charge in [0.25, 0.3) is 0 Å². The van der Waals surface area contributed by atoms with Gasteiger partial charge in [-0.3, -0.25) is 0 Å². The van der Waals surface area contributed by atoms with Crippen LogP contribution in [0.15, 0.2) is 42.5 Å². The van der Waals surface area contributed by atoms with E-state index in [4.69, 9.17) is 4.74 Å². The Morgan fingerprint density at radius 1 is 1.10 bits per heavy atom. The predicted octanol–water partition coefficient (Wildman–Crippen LogP) is 4.77. The molecule has 20 heavy (non-hydrogen) atoms. The fraction of sp³-hybridized carbons (Fsp3) is 0.200. The number of aryl methyl sites for hydroxylation is 1. The van der Waals surface area contributed by atoms with Gasteiger partial charge in [0.15, 0.2) is 11.5 Å². The molecule has 2 nitrogen and oxygen atoms in total. The second kappa shape index (κ2) is 5.45. The molecule has 0 fully saturated rings. The first-order valence-corrected chi connectivity index (χ1v) is 6.07. The molecule has 0 bridgehead atoms. The Balaban J connectivity index is 2.26. The van der Waals surface area contributed by atoms with E-state index < -0.39 is 11.7 Å². The molecule has 0 aliphatic heterocycles. The highest BCUT2D eigenvalue weighted by atomic mass is 19.4. The minimum Gasteiger partial charge on any atom is -0.504 e. The number of aromatic hydroxyl groups is 1. The number of ether oxygens (including phenoxy) is 1. The van der Waals surface area contributed by atoms with E-state index in [0.717, 1.165) is 24.1 Å². The molecule has 0 radical (unpaired) electrons. The van der Waals surface area contributed by atoms with E-state index in [1.165, 1.54) is 24.3 Å². The number of hydrogen-bond acceptors (Lipinski definition) is 2. The summed E-state index contributed by atoms with van der Waals surface area (Å²) in [5.74, 6) is 0.0580. The highest BCUT2D eigenvalue weighted by molar-refractivity contribution is 5.45. The van der Waals surface area contributed by atoms with Crippen molar-refractivity contribution in [3.05, 3.63) is 53.6 Å². The number of benzene rings is 2. The lowest BCUT2D eigenvalue weighted by molar-refractivity contribution is -0.137. The van der Waals surface area contributed by atoms with Crippen LogP contribution in [0.3, 0.4) is 0 Å². The molecule has 0 spiro atoms. The standard InChI is InChI=1S/C15H13F3O2/c1-2-10-6-7-14(13(19)8-10)20-12-5-3-4-11(9-12)15(16,17)18/h3-9,19H,2H2,1H3. The Morgan fingerprint density at radius 2 is 1.85 bits per heavy atom. The molecule has 2 aromatic carbocycles. The van der Waals surface area contributed by atoms with E-state index in [1.54, 1.807) is 6.07 Å². The molecule has 106 valence electrons. The maximum Gasteiger partial charge on any atom is 0.416 e. The number of alkyl halides is 3. The first-order valence-electron chi connectivity index (χ1n) is 6.07. The molecule has 0 saturated carbocycles. The summed E-state index contributed by atoms with van der Waals surface area (Å²) in [6.07, 6.45) is -3.68. The summed E-state index contributed by atoms with van der Waals surface area (Å²) in [4.78, 5) is 0. The van der Waals surface area contributed by atoms with Gasteiger partial charge in [0.1, 0.15) is 5.75 Å². The molecule has 0 saturated heterocycles. The number of halogens is 3. The maximum absolute atomic E-state index is 12.6. The highest BCUT2D eigenvalue weighted by Gasteiger charge is 2.30. The number of hydrogen-bond donors (Lipinski definition) is 1. The lowest BCUT2D eigenvalue weighted by Crippen LogP contribution is -2.04. The van der Waals surface area contributed by atoms with Crippen molar-refractivity contribution in [2.75, 3.05) is 0 Å². The zero-order valence-corrected chi connectivity index (χ0v) is 10.7. The summed E-state index contributed by atoms with van der Waals surface area (Å²) < 4.78 is 43.0. The van der Waals surface area contributed by atoms with Crippen molar-refractivity contribution in [1.82, 2.24) is 0 Å². The maximum atomic E-state index is 12.6. The third-order valence-corrected chi connectivity index (χ3v) is 2.82. The Kier molecular flexibility index (Phi) is 3.88. The van der Waals surface area contributed by atoms with Crippen molar-refractivity contribution in [1.29, 1.82) is 0 Å². The normalized spacial score (nSPS) is 11.4. The molecule has 0 heterocycles. The van der Waals surface area contributed by atoms with Crippen LogP contribution in [-0.2, 0) is 12.6 Å². The van der Waals surface area contributed by atoms with Crippen LogP contribution in [0.5, 0.6) is 17.2 Å². The highest BCUT2D eigenvalue weighted by Crippen LogP contribution is 2.35. The fourth-order valence-electron chi connectivity index (χ4n) is 1.73. The zero-order chi connectivity index (χ0) is 14.8. The molecular weight excluding hydrogens is 269 g/mol. The minimum atomic E-state index is -4.42. The number of phenolic OH excluding ortho intramolecular Hbond substituents is 1. The Morgan fingerprint density at radius 3 is 2.45 bits per heavy atom. The molecule has 0 atom stereocenters. The second-order valence-electron chi connectivity index (χ2n) is 4.28. The first-order chi connectivity index (χ1) is 9.40. The van der Waals surface area contributed by atoms with Gasteiger partial charge in [-0.25, -0.2) is 0 Å². The molecule has 0 aliphatic carbocycles. The van der Waals surface area contributed by atoms with Crippen molar-refractivity contribution in [2.24, 2.45) is 0 Å². The van der Waals surface area contributed by atoms with Gasteiger partial charge < -0.3 is 9.84 Å². The van der Waals surface area contributed by atoms with Crippen molar-refractivity contribution in [3.63, 3.8) is 0 Å². The third-order valence-electron chi connectivity index (χ3n) is 2.82. The SMILES string of the molecule is CCc1ccc(Oc2cccc(C(F)(F)F)c2)c(O)c1. The van der Waals surface area contributed by atoms with E-state index in [2.05, 4.69) is 0 Å². The molecule has 2 rings (SSSR count). The summed E-state index contributed by atoms with van der Waals surface area (Å²) in [5.41, 5.74) is 0.124. The average molecular weight is 282 g/mol. The van der Waals surface area contributed by atoms with Crippen molar-refractivity contribution >= 4 is 0 Å². The van der Waals surface area contributed by atoms with Crippen LogP contribution in [0.25, 0.3) is 0 Å².